The molecule has 2 rings (SSSR count). The Morgan fingerprint density at radius 3 is 2.67 bits per heavy atom. The molecule has 4 heteroatoms. The van der Waals surface area contributed by atoms with E-state index in [9.17, 15) is 4.79 Å². The molecule has 2 aromatic carbocycles. The first-order valence-corrected chi connectivity index (χ1v) is 7.04. The number of carbonyl (C=O) groups excluding carboxylic acids is 1. The summed E-state index contributed by atoms with van der Waals surface area (Å²) in [4.78, 5) is 11.9. The molecular weight excluding hydrogens is 264 g/mol. The Kier molecular flexibility index (Phi) is 5.21. The van der Waals surface area contributed by atoms with Crippen molar-refractivity contribution < 1.29 is 9.53 Å². The average Bonchev–Trinajstić information content (AvgIpc) is 2.47. The van der Waals surface area contributed by atoms with Crippen LogP contribution in [0.25, 0.3) is 0 Å². The predicted octanol–water partition coefficient (Wildman–Crippen LogP) is 3.24. The smallest absolute Gasteiger partial charge is 0.224 e. The third kappa shape index (κ3) is 4.84. The van der Waals surface area contributed by atoms with Crippen LogP contribution in [0.15, 0.2) is 48.5 Å². The largest absolute Gasteiger partial charge is 0.494 e. The van der Waals surface area contributed by atoms with Crippen LogP contribution < -0.4 is 15.8 Å². The topological polar surface area (TPSA) is 64.3 Å². The van der Waals surface area contributed by atoms with Crippen molar-refractivity contribution in [3.63, 3.8) is 0 Å². The lowest BCUT2D eigenvalue weighted by molar-refractivity contribution is -0.116. The number of hydrogen-bond acceptors (Lipinski definition) is 3. The summed E-state index contributed by atoms with van der Waals surface area (Å²) in [7, 11) is 0. The van der Waals surface area contributed by atoms with Crippen molar-refractivity contribution in [3.8, 4) is 5.75 Å². The molecule has 0 atom stereocenters. The number of anilines is 2. The van der Waals surface area contributed by atoms with Crippen LogP contribution in [0.3, 0.4) is 0 Å². The van der Waals surface area contributed by atoms with Crippen molar-refractivity contribution in [1.29, 1.82) is 0 Å². The molecule has 0 spiro atoms. The van der Waals surface area contributed by atoms with Gasteiger partial charge >= 0.3 is 0 Å². The second-order valence-electron chi connectivity index (χ2n) is 4.75. The zero-order valence-electron chi connectivity index (χ0n) is 12.1. The summed E-state index contributed by atoms with van der Waals surface area (Å²) >= 11 is 0. The molecule has 0 saturated carbocycles. The molecule has 0 unspecified atom stereocenters. The van der Waals surface area contributed by atoms with Crippen molar-refractivity contribution in [3.05, 3.63) is 54.1 Å². The first-order chi connectivity index (χ1) is 10.2. The number of hydrogen-bond donors (Lipinski definition) is 2. The van der Waals surface area contributed by atoms with Gasteiger partial charge in [0.2, 0.25) is 5.91 Å². The molecule has 0 aliphatic heterocycles. The van der Waals surface area contributed by atoms with Gasteiger partial charge in [-0.15, -0.1) is 0 Å². The SMILES string of the molecule is CCOc1cccc(NC(=O)CCc2ccc(N)cc2)c1. The van der Waals surface area contributed by atoms with Crippen molar-refractivity contribution in [2.75, 3.05) is 17.7 Å². The van der Waals surface area contributed by atoms with E-state index in [-0.39, 0.29) is 5.91 Å². The summed E-state index contributed by atoms with van der Waals surface area (Å²) in [5, 5.41) is 2.88. The van der Waals surface area contributed by atoms with Crippen LogP contribution in [0.5, 0.6) is 5.75 Å². The number of rotatable bonds is 6. The van der Waals surface area contributed by atoms with Gasteiger partial charge < -0.3 is 15.8 Å². The van der Waals surface area contributed by atoms with Crippen LogP contribution in [0, 0.1) is 0 Å². The first kappa shape index (κ1) is 14.9. The van der Waals surface area contributed by atoms with Gasteiger partial charge in [-0.1, -0.05) is 18.2 Å². The first-order valence-electron chi connectivity index (χ1n) is 7.04. The van der Waals surface area contributed by atoms with Gasteiger partial charge in [0.05, 0.1) is 6.61 Å². The maximum Gasteiger partial charge on any atom is 0.224 e. The number of aryl methyl sites for hydroxylation is 1. The molecule has 0 heterocycles. The van der Waals surface area contributed by atoms with Crippen LogP contribution in [-0.4, -0.2) is 12.5 Å². The van der Waals surface area contributed by atoms with E-state index >= 15 is 0 Å². The molecule has 0 radical (unpaired) electrons. The summed E-state index contributed by atoms with van der Waals surface area (Å²) in [6.07, 6.45) is 1.13. The molecule has 0 saturated heterocycles. The fraction of sp³-hybridized carbons (Fsp3) is 0.235. The lowest BCUT2D eigenvalue weighted by Crippen LogP contribution is -2.12. The quantitative estimate of drug-likeness (QED) is 0.800. The standard InChI is InChI=1S/C17H20N2O2/c1-2-21-16-5-3-4-15(12-16)19-17(20)11-8-13-6-9-14(18)10-7-13/h3-7,9-10,12H,2,8,11,18H2,1H3,(H,19,20). The fourth-order valence-corrected chi connectivity index (χ4v) is 2.00. The molecule has 110 valence electrons. The van der Waals surface area contributed by atoms with E-state index in [4.69, 9.17) is 10.5 Å². The van der Waals surface area contributed by atoms with E-state index in [0.717, 1.165) is 22.7 Å². The van der Waals surface area contributed by atoms with E-state index in [0.29, 0.717) is 19.4 Å². The lowest BCUT2D eigenvalue weighted by atomic mass is 10.1. The maximum absolute atomic E-state index is 11.9. The summed E-state index contributed by atoms with van der Waals surface area (Å²) in [6, 6.07) is 15.0. The molecule has 0 aromatic heterocycles. The van der Waals surface area contributed by atoms with E-state index in [1.54, 1.807) is 0 Å². The van der Waals surface area contributed by atoms with Gasteiger partial charge in [-0.05, 0) is 43.2 Å². The molecule has 0 bridgehead atoms. The van der Waals surface area contributed by atoms with Gasteiger partial charge in [0.25, 0.3) is 0 Å². The number of ether oxygens (including phenoxy) is 1. The molecule has 4 nitrogen and oxygen atoms in total. The minimum Gasteiger partial charge on any atom is -0.494 e. The number of nitrogens with one attached hydrogen (secondary N) is 1. The minimum absolute atomic E-state index is 0.0135. The van der Waals surface area contributed by atoms with Crippen LogP contribution >= 0.6 is 0 Å². The molecule has 0 fully saturated rings. The summed E-state index contributed by atoms with van der Waals surface area (Å²) in [5.41, 5.74) is 8.22. The Morgan fingerprint density at radius 2 is 1.95 bits per heavy atom. The highest BCUT2D eigenvalue weighted by molar-refractivity contribution is 5.91. The van der Waals surface area contributed by atoms with Crippen LogP contribution in [0.2, 0.25) is 0 Å². The van der Waals surface area contributed by atoms with Crippen LogP contribution in [0.1, 0.15) is 18.9 Å². The Balaban J connectivity index is 1.86. The van der Waals surface area contributed by atoms with E-state index < -0.39 is 0 Å². The second kappa shape index (κ2) is 7.33. The molecule has 2 aromatic rings. The number of benzene rings is 2. The summed E-state index contributed by atoms with van der Waals surface area (Å²) < 4.78 is 5.41. The summed E-state index contributed by atoms with van der Waals surface area (Å²) in [5.74, 6) is 0.745. The number of nitrogens with two attached hydrogens (primary N) is 1. The highest BCUT2D eigenvalue weighted by Gasteiger charge is 2.04. The van der Waals surface area contributed by atoms with E-state index in [1.807, 2.05) is 55.5 Å². The Labute approximate surface area is 124 Å². The number of nitrogen functional groups attached to an aromatic ring is 1. The van der Waals surface area contributed by atoms with Crippen molar-refractivity contribution in [1.82, 2.24) is 0 Å². The normalized spacial score (nSPS) is 10.1. The van der Waals surface area contributed by atoms with Gasteiger partial charge in [-0.2, -0.15) is 0 Å². The van der Waals surface area contributed by atoms with Gasteiger partial charge in [-0.3, -0.25) is 4.79 Å². The van der Waals surface area contributed by atoms with Gasteiger partial charge in [0.1, 0.15) is 5.75 Å². The third-order valence-electron chi connectivity index (χ3n) is 3.05. The van der Waals surface area contributed by atoms with Gasteiger partial charge in [-0.25, -0.2) is 0 Å². The molecule has 1 amide bonds. The number of carbonyl (C=O) groups is 1. The van der Waals surface area contributed by atoms with Crippen molar-refractivity contribution >= 4 is 17.3 Å². The summed E-state index contributed by atoms with van der Waals surface area (Å²) in [6.45, 7) is 2.53. The van der Waals surface area contributed by atoms with Crippen molar-refractivity contribution in [2.45, 2.75) is 19.8 Å². The van der Waals surface area contributed by atoms with E-state index in [2.05, 4.69) is 5.32 Å². The zero-order chi connectivity index (χ0) is 15.1. The molecule has 0 aliphatic rings. The highest BCUT2D eigenvalue weighted by Crippen LogP contribution is 2.17. The molecule has 3 N–H and O–H groups in total. The number of amides is 1. The lowest BCUT2D eigenvalue weighted by Gasteiger charge is -2.08. The van der Waals surface area contributed by atoms with Gasteiger partial charge in [0, 0.05) is 23.9 Å². The Hall–Kier alpha value is -2.49. The Bertz CT molecular complexity index is 594. The molecule has 21 heavy (non-hydrogen) atoms. The molecule has 0 aliphatic carbocycles. The molecular formula is C17H20N2O2. The Morgan fingerprint density at radius 1 is 1.19 bits per heavy atom. The fourth-order valence-electron chi connectivity index (χ4n) is 2.00. The maximum atomic E-state index is 11.9. The highest BCUT2D eigenvalue weighted by atomic mass is 16.5. The van der Waals surface area contributed by atoms with Crippen molar-refractivity contribution in [2.24, 2.45) is 0 Å². The minimum atomic E-state index is -0.0135. The monoisotopic (exact) mass is 284 g/mol. The average molecular weight is 284 g/mol. The van der Waals surface area contributed by atoms with Crippen LogP contribution in [-0.2, 0) is 11.2 Å². The van der Waals surface area contributed by atoms with Crippen LogP contribution in [0.4, 0.5) is 11.4 Å². The zero-order valence-corrected chi connectivity index (χ0v) is 12.1. The third-order valence-corrected chi connectivity index (χ3v) is 3.05. The second-order valence-corrected chi connectivity index (χ2v) is 4.75. The predicted molar refractivity (Wildman–Crippen MR) is 85.4 cm³/mol. The van der Waals surface area contributed by atoms with Gasteiger partial charge in [0.15, 0.2) is 0 Å². The van der Waals surface area contributed by atoms with E-state index in [1.165, 1.54) is 0 Å².